The molecule has 0 bridgehead atoms. The van der Waals surface area contributed by atoms with E-state index in [0.29, 0.717) is 0 Å². The molecule has 2 N–H and O–H groups in total. The summed E-state index contributed by atoms with van der Waals surface area (Å²) in [6.07, 6.45) is 0. The van der Waals surface area contributed by atoms with Crippen molar-refractivity contribution in [2.24, 2.45) is 0 Å². The third kappa shape index (κ3) is 3.31. The van der Waals surface area contributed by atoms with Gasteiger partial charge in [-0.05, 0) is 35.4 Å². The highest BCUT2D eigenvalue weighted by Gasteiger charge is 2.38. The van der Waals surface area contributed by atoms with Crippen molar-refractivity contribution in [3.63, 3.8) is 0 Å². The summed E-state index contributed by atoms with van der Waals surface area (Å²) in [5.74, 6) is 1.45. The fourth-order valence-corrected chi connectivity index (χ4v) is 3.93. The molecule has 1 aliphatic rings. The lowest BCUT2D eigenvalue weighted by Gasteiger charge is -2.18. The Kier molecular flexibility index (Phi) is 4.25. The Morgan fingerprint density at radius 3 is 1.39 bits per heavy atom. The fraction of sp³-hybridized carbons (Fsp3) is 0.250. The normalized spacial score (nSPS) is 22.7. The van der Waals surface area contributed by atoms with Crippen LogP contribution in [0.1, 0.15) is 23.2 Å². The molecule has 23 heavy (non-hydrogen) atoms. The summed E-state index contributed by atoms with van der Waals surface area (Å²) in [7, 11) is -0.350. The molecule has 2 unspecified atom stereocenters. The first-order valence-electron chi connectivity index (χ1n) is 7.10. The van der Waals surface area contributed by atoms with E-state index >= 15 is 0 Å². The molecule has 7 heteroatoms. The first-order valence-corrected chi connectivity index (χ1v) is 8.58. The van der Waals surface area contributed by atoms with Gasteiger partial charge in [0, 0.05) is 0 Å². The third-order valence-electron chi connectivity index (χ3n) is 3.85. The highest BCUT2D eigenvalue weighted by Crippen LogP contribution is 2.35. The van der Waals surface area contributed by atoms with E-state index in [1.807, 2.05) is 48.5 Å². The van der Waals surface area contributed by atoms with Gasteiger partial charge in [0.05, 0.1) is 26.3 Å². The molecule has 122 valence electrons. The van der Waals surface area contributed by atoms with Crippen LogP contribution in [0.25, 0.3) is 0 Å². The molecule has 0 radical (unpaired) electrons. The molecule has 1 saturated heterocycles. The molecule has 0 aromatic heterocycles. The molecule has 2 atom stereocenters. The van der Waals surface area contributed by atoms with Crippen molar-refractivity contribution < 1.29 is 17.9 Å². The maximum Gasteiger partial charge on any atom is 0.278 e. The molecule has 0 aliphatic carbocycles. The Balaban J connectivity index is 1.94. The minimum Gasteiger partial charge on any atom is -0.497 e. The van der Waals surface area contributed by atoms with Gasteiger partial charge in [-0.3, -0.25) is 0 Å². The molecular formula is C16H18N2O4S. The molecular weight excluding hydrogens is 316 g/mol. The highest BCUT2D eigenvalue weighted by atomic mass is 32.2. The van der Waals surface area contributed by atoms with Gasteiger partial charge >= 0.3 is 0 Å². The van der Waals surface area contributed by atoms with Crippen LogP contribution >= 0.6 is 0 Å². The summed E-state index contributed by atoms with van der Waals surface area (Å²) in [5, 5.41) is 0. The molecule has 1 heterocycles. The van der Waals surface area contributed by atoms with Crippen molar-refractivity contribution in [1.82, 2.24) is 9.44 Å². The monoisotopic (exact) mass is 334 g/mol. The van der Waals surface area contributed by atoms with E-state index in [9.17, 15) is 8.42 Å². The van der Waals surface area contributed by atoms with Gasteiger partial charge in [0.15, 0.2) is 0 Å². The van der Waals surface area contributed by atoms with E-state index in [1.165, 1.54) is 0 Å². The van der Waals surface area contributed by atoms with E-state index in [4.69, 9.17) is 9.47 Å². The van der Waals surface area contributed by atoms with Crippen molar-refractivity contribution >= 4 is 10.2 Å². The minimum atomic E-state index is -3.53. The van der Waals surface area contributed by atoms with Gasteiger partial charge in [0.2, 0.25) is 0 Å². The van der Waals surface area contributed by atoms with Gasteiger partial charge < -0.3 is 9.47 Å². The molecule has 1 aliphatic heterocycles. The van der Waals surface area contributed by atoms with Crippen LogP contribution in [0.5, 0.6) is 11.5 Å². The number of benzene rings is 2. The predicted octanol–water partition coefficient (Wildman–Crippen LogP) is 1.92. The second kappa shape index (κ2) is 6.19. The molecule has 0 spiro atoms. The van der Waals surface area contributed by atoms with E-state index in [-0.39, 0.29) is 12.1 Å². The van der Waals surface area contributed by atoms with Crippen molar-refractivity contribution in [1.29, 1.82) is 0 Å². The number of nitrogens with one attached hydrogen (secondary N) is 2. The largest absolute Gasteiger partial charge is 0.497 e. The maximum absolute atomic E-state index is 12.0. The van der Waals surface area contributed by atoms with Crippen molar-refractivity contribution in [3.8, 4) is 11.5 Å². The van der Waals surface area contributed by atoms with Crippen LogP contribution < -0.4 is 18.9 Å². The average molecular weight is 334 g/mol. The zero-order valence-electron chi connectivity index (χ0n) is 12.8. The number of hydrogen-bond donors (Lipinski definition) is 2. The molecule has 1 fully saturated rings. The summed E-state index contributed by atoms with van der Waals surface area (Å²) < 4.78 is 39.5. The van der Waals surface area contributed by atoms with Gasteiger partial charge in [-0.2, -0.15) is 17.9 Å². The van der Waals surface area contributed by atoms with Crippen molar-refractivity contribution in [2.45, 2.75) is 12.1 Å². The Hall–Kier alpha value is -2.09. The lowest BCUT2D eigenvalue weighted by atomic mass is 9.95. The molecule has 2 aromatic rings. The second-order valence-electron chi connectivity index (χ2n) is 5.24. The van der Waals surface area contributed by atoms with E-state index < -0.39 is 10.2 Å². The summed E-state index contributed by atoms with van der Waals surface area (Å²) in [5.41, 5.74) is 1.72. The molecule has 3 rings (SSSR count). The summed E-state index contributed by atoms with van der Waals surface area (Å²) >= 11 is 0. The summed E-state index contributed by atoms with van der Waals surface area (Å²) in [6, 6.07) is 13.9. The van der Waals surface area contributed by atoms with Crippen LogP contribution in [-0.2, 0) is 10.2 Å². The molecule has 0 saturated carbocycles. The number of hydrogen-bond acceptors (Lipinski definition) is 4. The van der Waals surface area contributed by atoms with Crippen LogP contribution in [-0.4, -0.2) is 22.6 Å². The van der Waals surface area contributed by atoms with Crippen molar-refractivity contribution in [2.75, 3.05) is 14.2 Å². The third-order valence-corrected chi connectivity index (χ3v) is 4.98. The zero-order chi connectivity index (χ0) is 16.4. The van der Waals surface area contributed by atoms with E-state index in [1.54, 1.807) is 14.2 Å². The number of ether oxygens (including phenoxy) is 2. The van der Waals surface area contributed by atoms with Crippen LogP contribution in [0, 0.1) is 0 Å². The lowest BCUT2D eigenvalue weighted by Crippen LogP contribution is -2.24. The Labute approximate surface area is 135 Å². The quantitative estimate of drug-likeness (QED) is 0.896. The summed E-state index contributed by atoms with van der Waals surface area (Å²) in [4.78, 5) is 0. The lowest BCUT2D eigenvalue weighted by molar-refractivity contribution is 0.413. The van der Waals surface area contributed by atoms with Crippen molar-refractivity contribution in [3.05, 3.63) is 59.7 Å². The van der Waals surface area contributed by atoms with Gasteiger partial charge in [-0.25, -0.2) is 0 Å². The zero-order valence-corrected chi connectivity index (χ0v) is 13.6. The molecule has 6 nitrogen and oxygen atoms in total. The topological polar surface area (TPSA) is 76.7 Å². The standard InChI is InChI=1S/C16H18N2O4S/c1-21-13-7-3-11(4-8-13)15-16(18-23(19,20)17-15)12-5-9-14(22-2)10-6-12/h3-10,15-18H,1-2H3. The van der Waals surface area contributed by atoms with Gasteiger partial charge in [0.25, 0.3) is 10.2 Å². The maximum atomic E-state index is 12.0. The molecule has 2 aromatic carbocycles. The van der Waals surface area contributed by atoms with Crippen LogP contribution in [0.3, 0.4) is 0 Å². The number of rotatable bonds is 4. The first kappa shape index (κ1) is 15.8. The van der Waals surface area contributed by atoms with Crippen LogP contribution in [0.2, 0.25) is 0 Å². The highest BCUT2D eigenvalue weighted by molar-refractivity contribution is 7.87. The Morgan fingerprint density at radius 1 is 0.739 bits per heavy atom. The number of methoxy groups -OCH3 is 2. The first-order chi connectivity index (χ1) is 11.0. The van der Waals surface area contributed by atoms with Gasteiger partial charge in [-0.15, -0.1) is 0 Å². The Bertz CT molecular complexity index is 711. The minimum absolute atomic E-state index is 0.390. The SMILES string of the molecule is COc1ccc(C2NS(=O)(=O)NC2c2ccc(OC)cc2)cc1. The summed E-state index contributed by atoms with van der Waals surface area (Å²) in [6.45, 7) is 0. The fourth-order valence-electron chi connectivity index (χ4n) is 2.65. The van der Waals surface area contributed by atoms with Gasteiger partial charge in [-0.1, -0.05) is 24.3 Å². The average Bonchev–Trinajstić information content (AvgIpc) is 2.91. The van der Waals surface area contributed by atoms with Crippen LogP contribution in [0.4, 0.5) is 0 Å². The predicted molar refractivity (Wildman–Crippen MR) is 86.7 cm³/mol. The second-order valence-corrected chi connectivity index (χ2v) is 6.72. The van der Waals surface area contributed by atoms with Gasteiger partial charge in [0.1, 0.15) is 11.5 Å². The van der Waals surface area contributed by atoms with E-state index in [0.717, 1.165) is 22.6 Å². The van der Waals surface area contributed by atoms with Crippen LogP contribution in [0.15, 0.2) is 48.5 Å². The molecule has 0 amide bonds. The smallest absolute Gasteiger partial charge is 0.278 e. The van der Waals surface area contributed by atoms with E-state index in [2.05, 4.69) is 9.44 Å². The Morgan fingerprint density at radius 2 is 1.09 bits per heavy atom.